The van der Waals surface area contributed by atoms with Crippen molar-refractivity contribution in [3.05, 3.63) is 54.1 Å². The number of nitrogens with one attached hydrogen (secondary N) is 1. The number of benzene rings is 2. The molecule has 1 unspecified atom stereocenters. The van der Waals surface area contributed by atoms with E-state index in [0.717, 1.165) is 24.3 Å². The highest BCUT2D eigenvalue weighted by Crippen LogP contribution is 2.30. The summed E-state index contributed by atoms with van der Waals surface area (Å²) >= 11 is 0. The molecule has 2 aromatic carbocycles. The van der Waals surface area contributed by atoms with E-state index in [2.05, 4.69) is 55.6 Å². The number of para-hydroxylation sites is 1. The van der Waals surface area contributed by atoms with Gasteiger partial charge in [0.15, 0.2) is 0 Å². The number of likely N-dealkylation sites (N-methyl/N-ethyl adjacent to an activating group) is 1. The van der Waals surface area contributed by atoms with Crippen LogP contribution in [0.3, 0.4) is 0 Å². The zero-order valence-corrected chi connectivity index (χ0v) is 13.2. The number of hydrogen-bond acceptors (Lipinski definition) is 2. The summed E-state index contributed by atoms with van der Waals surface area (Å²) in [5.74, 6) is 0.953. The Labute approximate surface area is 128 Å². The highest BCUT2D eigenvalue weighted by molar-refractivity contribution is 5.70. The second-order valence-electron chi connectivity index (χ2n) is 5.29. The van der Waals surface area contributed by atoms with Gasteiger partial charge >= 0.3 is 0 Å². The SMILES string of the molecule is CCNC(C)Cc1ccc(-c2ccccc2OCC)cc1. The minimum Gasteiger partial charge on any atom is -0.493 e. The monoisotopic (exact) mass is 283 g/mol. The number of rotatable bonds is 7. The van der Waals surface area contributed by atoms with Crippen LogP contribution in [0.15, 0.2) is 48.5 Å². The first-order valence-corrected chi connectivity index (χ1v) is 7.79. The summed E-state index contributed by atoms with van der Waals surface area (Å²) in [6.45, 7) is 8.09. The molecule has 2 aromatic rings. The largest absolute Gasteiger partial charge is 0.493 e. The summed E-state index contributed by atoms with van der Waals surface area (Å²) in [6, 6.07) is 17.5. The Hall–Kier alpha value is -1.80. The summed E-state index contributed by atoms with van der Waals surface area (Å²) < 4.78 is 5.71. The van der Waals surface area contributed by atoms with E-state index in [0.29, 0.717) is 12.6 Å². The molecule has 112 valence electrons. The van der Waals surface area contributed by atoms with Crippen molar-refractivity contribution in [2.75, 3.05) is 13.2 Å². The van der Waals surface area contributed by atoms with E-state index in [1.54, 1.807) is 0 Å². The van der Waals surface area contributed by atoms with E-state index >= 15 is 0 Å². The summed E-state index contributed by atoms with van der Waals surface area (Å²) in [6.07, 6.45) is 1.06. The highest BCUT2D eigenvalue weighted by atomic mass is 16.5. The van der Waals surface area contributed by atoms with Crippen LogP contribution in [-0.4, -0.2) is 19.2 Å². The first kappa shape index (κ1) is 15.6. The van der Waals surface area contributed by atoms with E-state index < -0.39 is 0 Å². The van der Waals surface area contributed by atoms with Crippen LogP contribution in [0.4, 0.5) is 0 Å². The molecule has 0 saturated carbocycles. The van der Waals surface area contributed by atoms with Gasteiger partial charge in [-0.15, -0.1) is 0 Å². The third-order valence-electron chi connectivity index (χ3n) is 3.55. The fourth-order valence-corrected chi connectivity index (χ4v) is 2.58. The lowest BCUT2D eigenvalue weighted by Crippen LogP contribution is -2.27. The summed E-state index contributed by atoms with van der Waals surface area (Å²) in [7, 11) is 0. The van der Waals surface area contributed by atoms with Crippen molar-refractivity contribution in [3.8, 4) is 16.9 Å². The summed E-state index contributed by atoms with van der Waals surface area (Å²) in [4.78, 5) is 0. The Morgan fingerprint density at radius 3 is 2.38 bits per heavy atom. The molecule has 2 nitrogen and oxygen atoms in total. The Morgan fingerprint density at radius 1 is 1.00 bits per heavy atom. The fourth-order valence-electron chi connectivity index (χ4n) is 2.58. The lowest BCUT2D eigenvalue weighted by molar-refractivity contribution is 0.341. The Morgan fingerprint density at radius 2 is 1.71 bits per heavy atom. The van der Waals surface area contributed by atoms with Crippen molar-refractivity contribution in [2.24, 2.45) is 0 Å². The lowest BCUT2D eigenvalue weighted by atomic mass is 10.0. The van der Waals surface area contributed by atoms with Gasteiger partial charge in [-0.1, -0.05) is 49.4 Å². The zero-order chi connectivity index (χ0) is 15.1. The lowest BCUT2D eigenvalue weighted by Gasteiger charge is -2.13. The van der Waals surface area contributed by atoms with E-state index in [1.165, 1.54) is 11.1 Å². The van der Waals surface area contributed by atoms with Gasteiger partial charge in [-0.05, 0) is 44.0 Å². The molecule has 21 heavy (non-hydrogen) atoms. The molecule has 0 fully saturated rings. The van der Waals surface area contributed by atoms with Crippen LogP contribution in [0, 0.1) is 0 Å². The maximum Gasteiger partial charge on any atom is 0.127 e. The number of hydrogen-bond donors (Lipinski definition) is 1. The van der Waals surface area contributed by atoms with Crippen molar-refractivity contribution in [1.82, 2.24) is 5.32 Å². The third-order valence-corrected chi connectivity index (χ3v) is 3.55. The van der Waals surface area contributed by atoms with Gasteiger partial charge < -0.3 is 10.1 Å². The van der Waals surface area contributed by atoms with Crippen LogP contribution in [0.5, 0.6) is 5.75 Å². The van der Waals surface area contributed by atoms with Gasteiger partial charge in [0.1, 0.15) is 5.75 Å². The molecule has 0 amide bonds. The van der Waals surface area contributed by atoms with Crippen molar-refractivity contribution in [3.63, 3.8) is 0 Å². The maximum absolute atomic E-state index is 5.71. The molecule has 1 atom stereocenters. The molecule has 2 rings (SSSR count). The molecule has 0 aliphatic carbocycles. The number of ether oxygens (including phenoxy) is 1. The predicted molar refractivity (Wildman–Crippen MR) is 89.9 cm³/mol. The average molecular weight is 283 g/mol. The molecule has 0 radical (unpaired) electrons. The maximum atomic E-state index is 5.71. The molecule has 0 spiro atoms. The van der Waals surface area contributed by atoms with Crippen LogP contribution in [-0.2, 0) is 6.42 Å². The minimum absolute atomic E-state index is 0.511. The van der Waals surface area contributed by atoms with Crippen LogP contribution in [0.1, 0.15) is 26.3 Å². The van der Waals surface area contributed by atoms with Crippen molar-refractivity contribution in [1.29, 1.82) is 0 Å². The topological polar surface area (TPSA) is 21.3 Å². The Kier molecular flexibility index (Phi) is 5.82. The standard InChI is InChI=1S/C19H25NO/c1-4-20-15(3)14-16-10-12-17(13-11-16)18-8-6-7-9-19(18)21-5-2/h6-13,15,20H,4-5,14H2,1-3H3. The van der Waals surface area contributed by atoms with E-state index in [-0.39, 0.29) is 0 Å². The molecule has 2 heteroatoms. The molecule has 0 aliphatic rings. The Balaban J connectivity index is 2.15. The van der Waals surface area contributed by atoms with Crippen molar-refractivity contribution >= 4 is 0 Å². The molecule has 0 bridgehead atoms. The van der Waals surface area contributed by atoms with Gasteiger partial charge in [-0.2, -0.15) is 0 Å². The normalized spacial score (nSPS) is 12.1. The van der Waals surface area contributed by atoms with Gasteiger partial charge in [0.2, 0.25) is 0 Å². The molecule has 1 N–H and O–H groups in total. The third kappa shape index (κ3) is 4.33. The summed E-state index contributed by atoms with van der Waals surface area (Å²) in [5.41, 5.74) is 3.73. The average Bonchev–Trinajstić information content (AvgIpc) is 2.49. The zero-order valence-electron chi connectivity index (χ0n) is 13.2. The second-order valence-corrected chi connectivity index (χ2v) is 5.29. The van der Waals surface area contributed by atoms with Crippen LogP contribution in [0.2, 0.25) is 0 Å². The van der Waals surface area contributed by atoms with E-state index in [1.807, 2.05) is 19.1 Å². The van der Waals surface area contributed by atoms with E-state index in [4.69, 9.17) is 4.74 Å². The molecule has 0 aromatic heterocycles. The summed E-state index contributed by atoms with van der Waals surface area (Å²) in [5, 5.41) is 3.45. The van der Waals surface area contributed by atoms with Gasteiger partial charge in [-0.25, -0.2) is 0 Å². The van der Waals surface area contributed by atoms with Gasteiger partial charge in [0, 0.05) is 11.6 Å². The van der Waals surface area contributed by atoms with Gasteiger partial charge in [0.05, 0.1) is 6.61 Å². The molecule has 0 saturated heterocycles. The van der Waals surface area contributed by atoms with E-state index in [9.17, 15) is 0 Å². The predicted octanol–water partition coefficient (Wildman–Crippen LogP) is 4.29. The van der Waals surface area contributed by atoms with Crippen LogP contribution < -0.4 is 10.1 Å². The van der Waals surface area contributed by atoms with Gasteiger partial charge in [-0.3, -0.25) is 0 Å². The first-order valence-electron chi connectivity index (χ1n) is 7.79. The van der Waals surface area contributed by atoms with Crippen molar-refractivity contribution < 1.29 is 4.74 Å². The van der Waals surface area contributed by atoms with Crippen molar-refractivity contribution in [2.45, 2.75) is 33.2 Å². The first-order chi connectivity index (χ1) is 10.2. The smallest absolute Gasteiger partial charge is 0.127 e. The Bertz CT molecular complexity index is 548. The van der Waals surface area contributed by atoms with Crippen LogP contribution >= 0.6 is 0 Å². The molecular weight excluding hydrogens is 258 g/mol. The fraction of sp³-hybridized carbons (Fsp3) is 0.368. The highest BCUT2D eigenvalue weighted by Gasteiger charge is 2.06. The second kappa shape index (κ2) is 7.84. The van der Waals surface area contributed by atoms with Gasteiger partial charge in [0.25, 0.3) is 0 Å². The molecule has 0 heterocycles. The molecular formula is C19H25NO. The van der Waals surface area contributed by atoms with Crippen LogP contribution in [0.25, 0.3) is 11.1 Å². The quantitative estimate of drug-likeness (QED) is 0.818. The molecule has 0 aliphatic heterocycles. The minimum atomic E-state index is 0.511.